The average molecular weight is 435 g/mol. The van der Waals surface area contributed by atoms with Crippen molar-refractivity contribution in [2.45, 2.75) is 26.2 Å². The molecule has 10 nitrogen and oxygen atoms in total. The number of imidazole rings is 1. The second-order valence-electron chi connectivity index (χ2n) is 9.44. The van der Waals surface area contributed by atoms with Gasteiger partial charge in [-0.25, -0.2) is 9.97 Å². The van der Waals surface area contributed by atoms with Crippen molar-refractivity contribution in [2.75, 3.05) is 38.3 Å². The standard InChI is InChI=1S/C22H25N7O3/c1-22-7-12(22)5-14-16(8-22)26-27-19(14)21-24-15-6-13(9-23-20(15)25-21)28(2)17(30)10-29-3-4-32-11-18(29)31/h6,9,12H,3-5,7-8,10-11H2,1-2H3,(H,26,27)(H,23,24,25)/t12-,22-/m1/s1. The van der Waals surface area contributed by atoms with Gasteiger partial charge in [-0.05, 0) is 36.7 Å². The fourth-order valence-corrected chi connectivity index (χ4v) is 4.97. The summed E-state index contributed by atoms with van der Waals surface area (Å²) in [7, 11) is 1.68. The molecule has 32 heavy (non-hydrogen) atoms. The Balaban J connectivity index is 1.24. The van der Waals surface area contributed by atoms with E-state index < -0.39 is 0 Å². The van der Waals surface area contributed by atoms with E-state index in [1.807, 2.05) is 6.07 Å². The van der Waals surface area contributed by atoms with Crippen LogP contribution in [0.2, 0.25) is 0 Å². The molecule has 2 aliphatic carbocycles. The van der Waals surface area contributed by atoms with Gasteiger partial charge in [0.2, 0.25) is 11.8 Å². The van der Waals surface area contributed by atoms with Crippen molar-refractivity contribution < 1.29 is 14.3 Å². The Morgan fingerprint density at radius 1 is 1.44 bits per heavy atom. The maximum Gasteiger partial charge on any atom is 0.249 e. The summed E-state index contributed by atoms with van der Waals surface area (Å²) in [4.78, 5) is 40.1. The second-order valence-corrected chi connectivity index (χ2v) is 9.44. The molecule has 2 amide bonds. The quantitative estimate of drug-likeness (QED) is 0.637. The van der Waals surface area contributed by atoms with Gasteiger partial charge in [-0.3, -0.25) is 14.7 Å². The van der Waals surface area contributed by atoms with Gasteiger partial charge in [0, 0.05) is 24.8 Å². The number of anilines is 1. The van der Waals surface area contributed by atoms with E-state index in [1.54, 1.807) is 13.2 Å². The number of H-pyrrole nitrogens is 2. The van der Waals surface area contributed by atoms with Gasteiger partial charge in [0.1, 0.15) is 18.8 Å². The van der Waals surface area contributed by atoms with Crippen LogP contribution in [0.4, 0.5) is 5.69 Å². The largest absolute Gasteiger partial charge is 0.370 e. The van der Waals surface area contributed by atoms with Crippen molar-refractivity contribution in [1.82, 2.24) is 30.0 Å². The van der Waals surface area contributed by atoms with Crippen LogP contribution in [0.25, 0.3) is 22.7 Å². The van der Waals surface area contributed by atoms with Crippen LogP contribution in [-0.2, 0) is 27.2 Å². The first-order chi connectivity index (χ1) is 15.4. The summed E-state index contributed by atoms with van der Waals surface area (Å²) in [5.41, 5.74) is 5.73. The number of aromatic nitrogens is 5. The summed E-state index contributed by atoms with van der Waals surface area (Å²) in [6.45, 7) is 3.26. The SMILES string of the molecule is CN(C(=O)CN1CCOCC1=O)c1cnc2nc(-c3n[nH]c4c3C[C@@H]3C[C@]3(C)C4)[nH]c2c1. The van der Waals surface area contributed by atoms with Gasteiger partial charge in [-0.15, -0.1) is 0 Å². The average Bonchev–Trinajstić information content (AvgIpc) is 3.09. The number of amides is 2. The minimum Gasteiger partial charge on any atom is -0.370 e. The molecule has 6 rings (SSSR count). The highest BCUT2D eigenvalue weighted by atomic mass is 16.5. The Morgan fingerprint density at radius 2 is 2.31 bits per heavy atom. The number of aromatic amines is 2. The van der Waals surface area contributed by atoms with Crippen molar-refractivity contribution in [3.05, 3.63) is 23.5 Å². The number of nitrogens with zero attached hydrogens (tertiary/aromatic N) is 5. The molecule has 0 bridgehead atoms. The van der Waals surface area contributed by atoms with E-state index in [0.29, 0.717) is 35.7 Å². The Bertz CT molecular complexity index is 1250. The third kappa shape index (κ3) is 3.09. The van der Waals surface area contributed by atoms with Gasteiger partial charge in [0.25, 0.3) is 0 Å². The molecular weight excluding hydrogens is 410 g/mol. The first-order valence-corrected chi connectivity index (χ1v) is 11.0. The number of ether oxygens (including phenoxy) is 1. The highest BCUT2D eigenvalue weighted by molar-refractivity contribution is 5.97. The van der Waals surface area contributed by atoms with Crippen molar-refractivity contribution in [3.63, 3.8) is 0 Å². The lowest BCUT2D eigenvalue weighted by Gasteiger charge is -2.28. The molecule has 1 saturated carbocycles. The van der Waals surface area contributed by atoms with Gasteiger partial charge < -0.3 is 19.5 Å². The van der Waals surface area contributed by atoms with Crippen LogP contribution in [-0.4, -0.2) is 75.2 Å². The summed E-state index contributed by atoms with van der Waals surface area (Å²) in [6.07, 6.45) is 4.98. The van der Waals surface area contributed by atoms with Crippen LogP contribution in [0, 0.1) is 11.3 Å². The van der Waals surface area contributed by atoms with Crippen LogP contribution in [0.5, 0.6) is 0 Å². The number of pyridine rings is 1. The number of fused-ring (bicyclic) bond motifs is 3. The highest BCUT2D eigenvalue weighted by Crippen LogP contribution is 2.59. The van der Waals surface area contributed by atoms with E-state index in [1.165, 1.54) is 27.5 Å². The third-order valence-corrected chi connectivity index (χ3v) is 7.24. The normalized spacial score (nSPS) is 24.4. The molecule has 0 radical (unpaired) electrons. The van der Waals surface area contributed by atoms with E-state index in [9.17, 15) is 9.59 Å². The highest BCUT2D eigenvalue weighted by Gasteiger charge is 2.53. The molecule has 0 unspecified atom stereocenters. The molecule has 1 aliphatic heterocycles. The van der Waals surface area contributed by atoms with Crippen molar-refractivity contribution in [2.24, 2.45) is 11.3 Å². The van der Waals surface area contributed by atoms with Gasteiger partial charge >= 0.3 is 0 Å². The Hall–Kier alpha value is -3.27. The minimum absolute atomic E-state index is 0.0183. The van der Waals surface area contributed by atoms with E-state index in [2.05, 4.69) is 32.1 Å². The predicted molar refractivity (Wildman–Crippen MR) is 116 cm³/mol. The van der Waals surface area contributed by atoms with Gasteiger partial charge in [0.15, 0.2) is 11.5 Å². The molecule has 0 aromatic carbocycles. The topological polar surface area (TPSA) is 120 Å². The smallest absolute Gasteiger partial charge is 0.249 e. The summed E-state index contributed by atoms with van der Waals surface area (Å²) < 4.78 is 5.12. The molecule has 10 heteroatoms. The molecular formula is C22H25N7O3. The minimum atomic E-state index is -0.185. The molecule has 2 fully saturated rings. The molecule has 1 saturated heterocycles. The number of nitrogens with one attached hydrogen (secondary N) is 2. The van der Waals surface area contributed by atoms with Crippen LogP contribution in [0.15, 0.2) is 12.3 Å². The molecule has 4 heterocycles. The molecule has 2 N–H and O–H groups in total. The van der Waals surface area contributed by atoms with Crippen molar-refractivity contribution in [3.8, 4) is 11.5 Å². The second kappa shape index (κ2) is 6.86. The van der Waals surface area contributed by atoms with Crippen molar-refractivity contribution >= 4 is 28.7 Å². The number of morpholine rings is 1. The molecule has 3 aromatic heterocycles. The first-order valence-electron chi connectivity index (χ1n) is 11.0. The lowest BCUT2D eigenvalue weighted by atomic mass is 9.88. The third-order valence-electron chi connectivity index (χ3n) is 7.24. The van der Waals surface area contributed by atoms with E-state index >= 15 is 0 Å². The molecule has 166 valence electrons. The number of carbonyl (C=O) groups excluding carboxylic acids is 2. The number of hydrogen-bond acceptors (Lipinski definition) is 6. The van der Waals surface area contributed by atoms with Gasteiger partial charge in [0.05, 0.1) is 24.0 Å². The summed E-state index contributed by atoms with van der Waals surface area (Å²) in [6, 6.07) is 1.86. The summed E-state index contributed by atoms with van der Waals surface area (Å²) >= 11 is 0. The monoisotopic (exact) mass is 435 g/mol. The number of carbonyl (C=O) groups is 2. The van der Waals surface area contributed by atoms with Gasteiger partial charge in [-0.1, -0.05) is 6.92 Å². The Kier molecular flexibility index (Phi) is 4.16. The molecule has 2 atom stereocenters. The first kappa shape index (κ1) is 19.4. The van der Waals surface area contributed by atoms with Gasteiger partial charge in [-0.2, -0.15) is 5.10 Å². The molecule has 3 aromatic rings. The Morgan fingerprint density at radius 3 is 3.16 bits per heavy atom. The summed E-state index contributed by atoms with van der Waals surface area (Å²) in [5.74, 6) is 1.08. The zero-order valence-electron chi connectivity index (χ0n) is 18.1. The van der Waals surface area contributed by atoms with E-state index in [4.69, 9.17) is 4.74 Å². The van der Waals surface area contributed by atoms with Crippen LogP contribution in [0.3, 0.4) is 0 Å². The van der Waals surface area contributed by atoms with Crippen LogP contribution < -0.4 is 4.90 Å². The lowest BCUT2D eigenvalue weighted by Crippen LogP contribution is -2.47. The fourth-order valence-electron chi connectivity index (χ4n) is 4.97. The predicted octanol–water partition coefficient (Wildman–Crippen LogP) is 1.29. The van der Waals surface area contributed by atoms with E-state index in [0.717, 1.165) is 30.0 Å². The number of hydrogen-bond donors (Lipinski definition) is 2. The number of rotatable bonds is 4. The van der Waals surface area contributed by atoms with Crippen molar-refractivity contribution in [1.29, 1.82) is 0 Å². The van der Waals surface area contributed by atoms with Crippen LogP contribution >= 0.6 is 0 Å². The molecule has 3 aliphatic rings. The fraction of sp³-hybridized carbons (Fsp3) is 0.500. The maximum absolute atomic E-state index is 12.7. The number of likely N-dealkylation sites (N-methyl/N-ethyl adjacent to an activating group) is 1. The Labute approximate surface area is 184 Å². The lowest BCUT2D eigenvalue weighted by molar-refractivity contribution is -0.145. The zero-order valence-corrected chi connectivity index (χ0v) is 18.1. The summed E-state index contributed by atoms with van der Waals surface area (Å²) in [5, 5.41) is 7.76. The zero-order chi connectivity index (χ0) is 22.0. The molecule has 0 spiro atoms. The van der Waals surface area contributed by atoms with Crippen LogP contribution in [0.1, 0.15) is 24.6 Å². The maximum atomic E-state index is 12.7. The van der Waals surface area contributed by atoms with E-state index in [-0.39, 0.29) is 25.0 Å².